The maximum atomic E-state index is 13.1. The van der Waals surface area contributed by atoms with Crippen LogP contribution in [0.1, 0.15) is 18.9 Å². The molecule has 0 heterocycles. The summed E-state index contributed by atoms with van der Waals surface area (Å²) in [7, 11) is 0. The number of Topliss-reactive ketones (excluding diaryl/α,β-unsaturated/α-hetero) is 1. The molecule has 0 aliphatic carbocycles. The van der Waals surface area contributed by atoms with Gasteiger partial charge < -0.3 is 14.8 Å². The number of carbonyl (C=O) groups is 2. The third kappa shape index (κ3) is 5.46. The maximum Gasteiger partial charge on any atom is 0.262 e. The molecule has 0 bridgehead atoms. The summed E-state index contributed by atoms with van der Waals surface area (Å²) in [5.74, 6) is -1.86. The summed E-state index contributed by atoms with van der Waals surface area (Å²) in [5.41, 5.74) is 1.16. The molecule has 0 radical (unpaired) electrons. The Morgan fingerprint density at radius 3 is 2.38 bits per heavy atom. The lowest BCUT2D eigenvalue weighted by Gasteiger charge is -2.08. The summed E-state index contributed by atoms with van der Waals surface area (Å²) in [6.45, 7) is 1.29. The molecule has 6 heteroatoms. The highest BCUT2D eigenvalue weighted by atomic mass is 19.2. The van der Waals surface area contributed by atoms with E-state index in [2.05, 4.69) is 5.32 Å². The van der Waals surface area contributed by atoms with Gasteiger partial charge in [0, 0.05) is 18.2 Å². The second kappa shape index (κ2) is 8.19. The Morgan fingerprint density at radius 2 is 1.75 bits per heavy atom. The molecule has 1 amide bonds. The van der Waals surface area contributed by atoms with Crippen molar-refractivity contribution in [1.29, 1.82) is 0 Å². The van der Waals surface area contributed by atoms with Gasteiger partial charge in [0.25, 0.3) is 5.91 Å². The summed E-state index contributed by atoms with van der Waals surface area (Å²) < 4.78 is 31.2. The lowest BCUT2D eigenvalue weighted by Crippen LogP contribution is -2.20. The zero-order valence-electron chi connectivity index (χ0n) is 13.1. The van der Waals surface area contributed by atoms with Crippen LogP contribution in [-0.2, 0) is 16.0 Å². The second-order valence-electron chi connectivity index (χ2n) is 5.31. The topological polar surface area (TPSA) is 55.4 Å². The molecule has 1 N–H and O–H groups in total. The van der Waals surface area contributed by atoms with E-state index in [4.69, 9.17) is 4.74 Å². The summed E-state index contributed by atoms with van der Waals surface area (Å²) in [6.07, 6.45) is 1.14. The minimum Gasteiger partial charge on any atom is -0.484 e. The normalized spacial score (nSPS) is 10.3. The first-order valence-electron chi connectivity index (χ1n) is 7.40. The lowest BCUT2D eigenvalue weighted by molar-refractivity contribution is -0.118. The molecule has 0 aromatic heterocycles. The molecular weight excluding hydrogens is 316 g/mol. The van der Waals surface area contributed by atoms with Gasteiger partial charge in [0.2, 0.25) is 0 Å². The first kappa shape index (κ1) is 17.6. The van der Waals surface area contributed by atoms with Crippen molar-refractivity contribution in [2.45, 2.75) is 19.8 Å². The molecule has 0 aliphatic heterocycles. The molecule has 0 fully saturated rings. The standard InChI is InChI=1S/C18H17F2NO3/c1-12(22)2-3-13-4-7-15(8-5-13)24-11-18(23)21-14-6-9-16(19)17(20)10-14/h4-10H,2-3,11H2,1H3,(H,21,23). The molecule has 0 saturated carbocycles. The van der Waals surface area contributed by atoms with Crippen molar-refractivity contribution in [2.75, 3.05) is 11.9 Å². The Kier molecular flexibility index (Phi) is 6.01. The number of rotatable bonds is 7. The van der Waals surface area contributed by atoms with Gasteiger partial charge in [-0.3, -0.25) is 4.79 Å². The number of benzene rings is 2. The number of halogens is 2. The molecule has 0 aliphatic rings. The van der Waals surface area contributed by atoms with Crippen LogP contribution in [0, 0.1) is 11.6 Å². The molecule has 4 nitrogen and oxygen atoms in total. The number of hydrogen-bond donors (Lipinski definition) is 1. The Morgan fingerprint density at radius 1 is 1.04 bits per heavy atom. The molecule has 0 spiro atoms. The van der Waals surface area contributed by atoms with E-state index in [-0.39, 0.29) is 18.1 Å². The van der Waals surface area contributed by atoms with Crippen molar-refractivity contribution in [1.82, 2.24) is 0 Å². The van der Waals surface area contributed by atoms with E-state index in [0.29, 0.717) is 18.6 Å². The number of nitrogens with one attached hydrogen (secondary N) is 1. The summed E-state index contributed by atoms with van der Waals surface area (Å²) in [5, 5.41) is 2.42. The number of anilines is 1. The largest absolute Gasteiger partial charge is 0.484 e. The minimum atomic E-state index is -1.03. The average molecular weight is 333 g/mol. The Labute approximate surface area is 138 Å². The number of ether oxygens (including phenoxy) is 1. The van der Waals surface area contributed by atoms with E-state index in [1.807, 2.05) is 12.1 Å². The van der Waals surface area contributed by atoms with Gasteiger partial charge in [-0.1, -0.05) is 12.1 Å². The van der Waals surface area contributed by atoms with Crippen molar-refractivity contribution < 1.29 is 23.1 Å². The Bertz CT molecular complexity index is 730. The SMILES string of the molecule is CC(=O)CCc1ccc(OCC(=O)Nc2ccc(F)c(F)c2)cc1. The molecule has 0 atom stereocenters. The third-order valence-corrected chi connectivity index (χ3v) is 3.26. The van der Waals surface area contributed by atoms with Crippen LogP contribution in [0.3, 0.4) is 0 Å². The van der Waals surface area contributed by atoms with Crippen LogP contribution in [0.25, 0.3) is 0 Å². The lowest BCUT2D eigenvalue weighted by atomic mass is 10.1. The molecule has 24 heavy (non-hydrogen) atoms. The Balaban J connectivity index is 1.82. The van der Waals surface area contributed by atoms with E-state index >= 15 is 0 Å². The van der Waals surface area contributed by atoms with E-state index in [1.54, 1.807) is 19.1 Å². The third-order valence-electron chi connectivity index (χ3n) is 3.26. The van der Waals surface area contributed by atoms with Gasteiger partial charge in [0.1, 0.15) is 11.5 Å². The fourth-order valence-electron chi connectivity index (χ4n) is 1.99. The van der Waals surface area contributed by atoms with Crippen molar-refractivity contribution in [3.8, 4) is 5.75 Å². The highest BCUT2D eigenvalue weighted by Crippen LogP contribution is 2.15. The van der Waals surface area contributed by atoms with Crippen molar-refractivity contribution in [2.24, 2.45) is 0 Å². The van der Waals surface area contributed by atoms with E-state index in [9.17, 15) is 18.4 Å². The van der Waals surface area contributed by atoms with Crippen molar-refractivity contribution in [3.63, 3.8) is 0 Å². The van der Waals surface area contributed by atoms with Gasteiger partial charge in [-0.15, -0.1) is 0 Å². The van der Waals surface area contributed by atoms with Crippen LogP contribution in [0.2, 0.25) is 0 Å². The summed E-state index contributed by atoms with van der Waals surface area (Å²) in [4.78, 5) is 22.7. The molecular formula is C18H17F2NO3. The smallest absolute Gasteiger partial charge is 0.262 e. The minimum absolute atomic E-state index is 0.129. The van der Waals surface area contributed by atoms with Crippen LogP contribution in [0.15, 0.2) is 42.5 Å². The van der Waals surface area contributed by atoms with Crippen molar-refractivity contribution >= 4 is 17.4 Å². The highest BCUT2D eigenvalue weighted by Gasteiger charge is 2.07. The van der Waals surface area contributed by atoms with Crippen molar-refractivity contribution in [3.05, 3.63) is 59.7 Å². The quantitative estimate of drug-likeness (QED) is 0.844. The zero-order valence-corrected chi connectivity index (χ0v) is 13.1. The van der Waals surface area contributed by atoms with Gasteiger partial charge >= 0.3 is 0 Å². The van der Waals surface area contributed by atoms with Crippen LogP contribution in [-0.4, -0.2) is 18.3 Å². The molecule has 2 rings (SSSR count). The van der Waals surface area contributed by atoms with Gasteiger partial charge in [-0.05, 0) is 43.2 Å². The van der Waals surface area contributed by atoms with Crippen LogP contribution in [0.4, 0.5) is 14.5 Å². The van der Waals surface area contributed by atoms with Gasteiger partial charge in [0.05, 0.1) is 0 Å². The zero-order chi connectivity index (χ0) is 17.5. The fourth-order valence-corrected chi connectivity index (χ4v) is 1.99. The van der Waals surface area contributed by atoms with E-state index in [0.717, 1.165) is 17.7 Å². The number of carbonyl (C=O) groups excluding carboxylic acids is 2. The van der Waals surface area contributed by atoms with E-state index in [1.165, 1.54) is 6.07 Å². The average Bonchev–Trinajstić information content (AvgIpc) is 2.55. The highest BCUT2D eigenvalue weighted by molar-refractivity contribution is 5.91. The first-order chi connectivity index (χ1) is 11.4. The predicted molar refractivity (Wildman–Crippen MR) is 85.9 cm³/mol. The fraction of sp³-hybridized carbons (Fsp3) is 0.222. The van der Waals surface area contributed by atoms with E-state index < -0.39 is 17.5 Å². The van der Waals surface area contributed by atoms with Crippen LogP contribution < -0.4 is 10.1 Å². The first-order valence-corrected chi connectivity index (χ1v) is 7.40. The molecule has 126 valence electrons. The van der Waals surface area contributed by atoms with Crippen LogP contribution >= 0.6 is 0 Å². The molecule has 2 aromatic rings. The molecule has 2 aromatic carbocycles. The Hall–Kier alpha value is -2.76. The molecule has 0 saturated heterocycles. The maximum absolute atomic E-state index is 13.1. The number of aryl methyl sites for hydroxylation is 1. The number of ketones is 1. The number of amides is 1. The second-order valence-corrected chi connectivity index (χ2v) is 5.31. The van der Waals surface area contributed by atoms with Crippen LogP contribution in [0.5, 0.6) is 5.75 Å². The monoisotopic (exact) mass is 333 g/mol. The number of hydrogen-bond acceptors (Lipinski definition) is 3. The van der Waals surface area contributed by atoms with Gasteiger partial charge in [-0.25, -0.2) is 8.78 Å². The molecule has 0 unspecified atom stereocenters. The summed E-state index contributed by atoms with van der Waals surface area (Å²) >= 11 is 0. The predicted octanol–water partition coefficient (Wildman–Crippen LogP) is 3.50. The van der Waals surface area contributed by atoms with Gasteiger partial charge in [-0.2, -0.15) is 0 Å². The van der Waals surface area contributed by atoms with Gasteiger partial charge in [0.15, 0.2) is 18.2 Å². The summed E-state index contributed by atoms with van der Waals surface area (Å²) in [6, 6.07) is 10.2.